The first kappa shape index (κ1) is 16.2. The van der Waals surface area contributed by atoms with Crippen LogP contribution in [0.3, 0.4) is 0 Å². The van der Waals surface area contributed by atoms with Crippen LogP contribution in [0.2, 0.25) is 0 Å². The Morgan fingerprint density at radius 2 is 2.04 bits per heavy atom. The van der Waals surface area contributed by atoms with Crippen LogP contribution in [0.5, 0.6) is 23.1 Å². The molecule has 0 fully saturated rings. The number of hydrogen-bond acceptors (Lipinski definition) is 5. The SMILES string of the molecule is CN1CCOc2cc(-c3cccc(Oc4ccc(F)c(O)c4)n3)ccc21. The van der Waals surface area contributed by atoms with E-state index in [0.29, 0.717) is 18.2 Å². The van der Waals surface area contributed by atoms with Crippen LogP contribution < -0.4 is 14.4 Å². The second kappa shape index (κ2) is 6.55. The maximum atomic E-state index is 13.2. The molecule has 1 aliphatic rings. The van der Waals surface area contributed by atoms with Crippen molar-refractivity contribution in [2.75, 3.05) is 25.1 Å². The van der Waals surface area contributed by atoms with Gasteiger partial charge in [0.15, 0.2) is 11.6 Å². The van der Waals surface area contributed by atoms with Crippen LogP contribution in [0.15, 0.2) is 54.6 Å². The summed E-state index contributed by atoms with van der Waals surface area (Å²) in [5.41, 5.74) is 2.69. The van der Waals surface area contributed by atoms with Gasteiger partial charge in [-0.15, -0.1) is 0 Å². The summed E-state index contributed by atoms with van der Waals surface area (Å²) in [5, 5.41) is 9.45. The predicted molar refractivity (Wildman–Crippen MR) is 96.6 cm³/mol. The van der Waals surface area contributed by atoms with Gasteiger partial charge in [-0.3, -0.25) is 0 Å². The van der Waals surface area contributed by atoms with Gasteiger partial charge in [0.2, 0.25) is 5.88 Å². The average Bonchev–Trinajstić information content (AvgIpc) is 2.65. The maximum absolute atomic E-state index is 13.2. The van der Waals surface area contributed by atoms with E-state index in [4.69, 9.17) is 9.47 Å². The number of phenolic OH excluding ortho intramolecular Hbond substituents is 1. The third-order valence-electron chi connectivity index (χ3n) is 4.21. The molecule has 0 saturated carbocycles. The average molecular weight is 352 g/mol. The van der Waals surface area contributed by atoms with Crippen LogP contribution in [0.25, 0.3) is 11.3 Å². The molecule has 4 rings (SSSR count). The van der Waals surface area contributed by atoms with Gasteiger partial charge in [-0.25, -0.2) is 9.37 Å². The summed E-state index contributed by atoms with van der Waals surface area (Å²) in [6, 6.07) is 15.2. The molecule has 26 heavy (non-hydrogen) atoms. The highest BCUT2D eigenvalue weighted by Crippen LogP contribution is 2.35. The molecular formula is C20H17FN2O3. The molecule has 1 aliphatic heterocycles. The molecule has 5 nitrogen and oxygen atoms in total. The van der Waals surface area contributed by atoms with Gasteiger partial charge in [0.05, 0.1) is 17.9 Å². The highest BCUT2D eigenvalue weighted by Gasteiger charge is 2.16. The number of phenols is 1. The molecule has 3 aromatic rings. The summed E-state index contributed by atoms with van der Waals surface area (Å²) < 4.78 is 24.5. The number of halogens is 1. The van der Waals surface area contributed by atoms with Crippen LogP contribution in [-0.2, 0) is 0 Å². The molecule has 6 heteroatoms. The highest BCUT2D eigenvalue weighted by molar-refractivity contribution is 5.70. The fraction of sp³-hybridized carbons (Fsp3) is 0.150. The summed E-state index contributed by atoms with van der Waals surface area (Å²) in [4.78, 5) is 6.64. The Kier molecular flexibility index (Phi) is 4.08. The molecule has 1 N–H and O–H groups in total. The first-order valence-electron chi connectivity index (χ1n) is 8.22. The van der Waals surface area contributed by atoms with Crippen molar-refractivity contribution in [2.24, 2.45) is 0 Å². The zero-order valence-electron chi connectivity index (χ0n) is 14.1. The monoisotopic (exact) mass is 352 g/mol. The van der Waals surface area contributed by atoms with Crippen molar-refractivity contribution in [3.05, 3.63) is 60.4 Å². The number of aromatic hydroxyl groups is 1. The van der Waals surface area contributed by atoms with Gasteiger partial charge in [0.1, 0.15) is 18.1 Å². The summed E-state index contributed by atoms with van der Waals surface area (Å²) in [5.74, 6) is 0.328. The Hall–Kier alpha value is -3.28. The second-order valence-corrected chi connectivity index (χ2v) is 6.03. The van der Waals surface area contributed by atoms with Crippen molar-refractivity contribution in [2.45, 2.75) is 0 Å². The Morgan fingerprint density at radius 3 is 2.88 bits per heavy atom. The van der Waals surface area contributed by atoms with Crippen LogP contribution in [-0.4, -0.2) is 30.3 Å². The molecule has 2 aromatic carbocycles. The van der Waals surface area contributed by atoms with Crippen LogP contribution in [0, 0.1) is 5.82 Å². The van der Waals surface area contributed by atoms with Gasteiger partial charge >= 0.3 is 0 Å². The summed E-state index contributed by atoms with van der Waals surface area (Å²) in [7, 11) is 2.03. The van der Waals surface area contributed by atoms with Crippen molar-refractivity contribution in [3.63, 3.8) is 0 Å². The van der Waals surface area contributed by atoms with Crippen LogP contribution in [0.1, 0.15) is 0 Å². The predicted octanol–water partition coefficient (Wildman–Crippen LogP) is 4.21. The van der Waals surface area contributed by atoms with E-state index in [1.54, 1.807) is 6.07 Å². The van der Waals surface area contributed by atoms with Gasteiger partial charge in [0, 0.05) is 24.7 Å². The third-order valence-corrected chi connectivity index (χ3v) is 4.21. The standard InChI is InChI=1S/C20H17FN2O3/c1-23-9-10-25-19-11-13(5-8-17(19)23)16-3-2-4-20(22-16)26-14-6-7-15(21)18(24)12-14/h2-8,11-12,24H,9-10H2,1H3. The fourth-order valence-corrected chi connectivity index (χ4v) is 2.83. The molecule has 0 radical (unpaired) electrons. The lowest BCUT2D eigenvalue weighted by Crippen LogP contribution is -2.28. The molecule has 0 unspecified atom stereocenters. The number of nitrogens with zero attached hydrogens (tertiary/aromatic N) is 2. The van der Waals surface area contributed by atoms with E-state index in [2.05, 4.69) is 9.88 Å². The van der Waals surface area contributed by atoms with Gasteiger partial charge in [-0.2, -0.15) is 0 Å². The summed E-state index contributed by atoms with van der Waals surface area (Å²) in [6.45, 7) is 1.51. The molecule has 2 heterocycles. The Morgan fingerprint density at radius 1 is 1.15 bits per heavy atom. The number of likely N-dealkylation sites (N-methyl/N-ethyl adjacent to an activating group) is 1. The molecule has 0 aliphatic carbocycles. The van der Waals surface area contributed by atoms with E-state index < -0.39 is 11.6 Å². The minimum atomic E-state index is -0.696. The topological polar surface area (TPSA) is 54.8 Å². The van der Waals surface area contributed by atoms with Gasteiger partial charge < -0.3 is 19.5 Å². The molecule has 0 bridgehead atoms. The Bertz CT molecular complexity index is 962. The molecule has 132 valence electrons. The van der Waals surface area contributed by atoms with Crippen molar-refractivity contribution < 1.29 is 19.0 Å². The number of pyridine rings is 1. The van der Waals surface area contributed by atoms with Crippen molar-refractivity contribution in [3.8, 4) is 34.4 Å². The van der Waals surface area contributed by atoms with Crippen LogP contribution >= 0.6 is 0 Å². The number of benzene rings is 2. The zero-order valence-corrected chi connectivity index (χ0v) is 14.1. The van der Waals surface area contributed by atoms with E-state index in [1.807, 2.05) is 37.4 Å². The molecule has 1 aromatic heterocycles. The quantitative estimate of drug-likeness (QED) is 0.765. The molecule has 0 atom stereocenters. The zero-order chi connectivity index (χ0) is 18.1. The number of fused-ring (bicyclic) bond motifs is 1. The third kappa shape index (κ3) is 3.13. The molecular weight excluding hydrogens is 335 g/mol. The van der Waals surface area contributed by atoms with E-state index in [9.17, 15) is 9.50 Å². The number of anilines is 1. The maximum Gasteiger partial charge on any atom is 0.219 e. The fourth-order valence-electron chi connectivity index (χ4n) is 2.83. The van der Waals surface area contributed by atoms with Crippen molar-refractivity contribution in [1.82, 2.24) is 4.98 Å². The van der Waals surface area contributed by atoms with Crippen LogP contribution in [0.4, 0.5) is 10.1 Å². The largest absolute Gasteiger partial charge is 0.505 e. The smallest absolute Gasteiger partial charge is 0.219 e. The lowest BCUT2D eigenvalue weighted by molar-refractivity contribution is 0.311. The Labute approximate surface area is 150 Å². The van der Waals surface area contributed by atoms with Crippen molar-refractivity contribution >= 4 is 5.69 Å². The molecule has 0 spiro atoms. The van der Waals surface area contributed by atoms with Gasteiger partial charge in [-0.05, 0) is 30.3 Å². The van der Waals surface area contributed by atoms with Gasteiger partial charge in [-0.1, -0.05) is 12.1 Å². The molecule has 0 saturated heterocycles. The van der Waals surface area contributed by atoms with E-state index in [1.165, 1.54) is 12.1 Å². The normalized spacial score (nSPS) is 13.1. The lowest BCUT2D eigenvalue weighted by atomic mass is 10.1. The Balaban J connectivity index is 1.62. The number of aromatic nitrogens is 1. The summed E-state index contributed by atoms with van der Waals surface area (Å²) in [6.07, 6.45) is 0. The summed E-state index contributed by atoms with van der Waals surface area (Å²) >= 11 is 0. The minimum Gasteiger partial charge on any atom is -0.505 e. The van der Waals surface area contributed by atoms with Gasteiger partial charge in [0.25, 0.3) is 0 Å². The minimum absolute atomic E-state index is 0.309. The molecule has 0 amide bonds. The second-order valence-electron chi connectivity index (χ2n) is 6.03. The first-order chi connectivity index (χ1) is 12.6. The van der Waals surface area contributed by atoms with E-state index in [0.717, 1.165) is 35.3 Å². The number of ether oxygens (including phenoxy) is 2. The van der Waals surface area contributed by atoms with Crippen molar-refractivity contribution in [1.29, 1.82) is 0 Å². The lowest BCUT2D eigenvalue weighted by Gasteiger charge is -2.27. The number of rotatable bonds is 3. The number of hydrogen-bond donors (Lipinski definition) is 1. The van der Waals surface area contributed by atoms with E-state index in [-0.39, 0.29) is 0 Å². The first-order valence-corrected chi connectivity index (χ1v) is 8.22. The van der Waals surface area contributed by atoms with E-state index >= 15 is 0 Å². The highest BCUT2D eigenvalue weighted by atomic mass is 19.1.